The third-order valence-electron chi connectivity index (χ3n) is 3.64. The Labute approximate surface area is 162 Å². The van der Waals surface area contributed by atoms with Crippen LogP contribution in [0.5, 0.6) is 11.5 Å². The molecule has 0 spiro atoms. The molecular formula is C20H20ClNO5. The molecular weight excluding hydrogens is 370 g/mol. The maximum absolute atomic E-state index is 11.9. The van der Waals surface area contributed by atoms with Crippen molar-refractivity contribution in [1.82, 2.24) is 0 Å². The predicted molar refractivity (Wildman–Crippen MR) is 104 cm³/mol. The summed E-state index contributed by atoms with van der Waals surface area (Å²) in [5, 5.41) is 3.15. The van der Waals surface area contributed by atoms with Gasteiger partial charge in [-0.15, -0.1) is 0 Å². The number of ether oxygens (including phenoxy) is 3. The van der Waals surface area contributed by atoms with Crippen molar-refractivity contribution in [3.8, 4) is 11.5 Å². The van der Waals surface area contributed by atoms with E-state index in [1.165, 1.54) is 19.3 Å². The number of anilines is 1. The Morgan fingerprint density at radius 1 is 1.11 bits per heavy atom. The second-order valence-electron chi connectivity index (χ2n) is 5.56. The summed E-state index contributed by atoms with van der Waals surface area (Å²) >= 11 is 6.01. The zero-order chi connectivity index (χ0) is 19.8. The van der Waals surface area contributed by atoms with Crippen LogP contribution in [0.15, 0.2) is 42.5 Å². The fourth-order valence-electron chi connectivity index (χ4n) is 2.18. The lowest BCUT2D eigenvalue weighted by atomic mass is 10.1. The number of amides is 1. The quantitative estimate of drug-likeness (QED) is 0.575. The zero-order valence-electron chi connectivity index (χ0n) is 15.2. The molecule has 0 radical (unpaired) electrons. The summed E-state index contributed by atoms with van der Waals surface area (Å²) in [6.07, 6.45) is 2.74. The first-order valence-corrected chi connectivity index (χ1v) is 8.43. The molecule has 1 N–H and O–H groups in total. The number of hydrogen-bond acceptors (Lipinski definition) is 5. The van der Waals surface area contributed by atoms with Gasteiger partial charge in [0.1, 0.15) is 11.5 Å². The van der Waals surface area contributed by atoms with Gasteiger partial charge in [-0.25, -0.2) is 4.79 Å². The van der Waals surface area contributed by atoms with Crippen LogP contribution < -0.4 is 14.8 Å². The van der Waals surface area contributed by atoms with Gasteiger partial charge in [-0.3, -0.25) is 4.79 Å². The van der Waals surface area contributed by atoms with Crippen molar-refractivity contribution in [1.29, 1.82) is 0 Å². The SMILES string of the molecule is COc1ccc(OC)c(/C=C/C(=O)OCC(=O)Nc2ccc(C)c(Cl)c2)c1. The van der Waals surface area contributed by atoms with Crippen LogP contribution in [0.4, 0.5) is 5.69 Å². The van der Waals surface area contributed by atoms with Crippen LogP contribution in [0.1, 0.15) is 11.1 Å². The van der Waals surface area contributed by atoms with Crippen LogP contribution in [0.3, 0.4) is 0 Å². The Balaban J connectivity index is 1.91. The molecule has 6 nitrogen and oxygen atoms in total. The van der Waals surface area contributed by atoms with Crippen LogP contribution in [-0.4, -0.2) is 32.7 Å². The molecule has 0 atom stereocenters. The van der Waals surface area contributed by atoms with Gasteiger partial charge in [0, 0.05) is 22.3 Å². The van der Waals surface area contributed by atoms with Crippen LogP contribution in [-0.2, 0) is 14.3 Å². The summed E-state index contributed by atoms with van der Waals surface area (Å²) in [6, 6.07) is 10.3. The zero-order valence-corrected chi connectivity index (χ0v) is 16.0. The average molecular weight is 390 g/mol. The van der Waals surface area contributed by atoms with Gasteiger partial charge in [-0.2, -0.15) is 0 Å². The van der Waals surface area contributed by atoms with E-state index in [0.717, 1.165) is 5.56 Å². The summed E-state index contributed by atoms with van der Waals surface area (Å²) in [5.41, 5.74) is 2.08. The number of carbonyl (C=O) groups excluding carboxylic acids is 2. The Morgan fingerprint density at radius 2 is 1.89 bits per heavy atom. The topological polar surface area (TPSA) is 73.9 Å². The van der Waals surface area contributed by atoms with Gasteiger partial charge in [-0.05, 0) is 48.9 Å². The maximum Gasteiger partial charge on any atom is 0.331 e. The third kappa shape index (κ3) is 6.04. The standard InChI is InChI=1S/C20H20ClNO5/c1-13-4-6-15(11-17(13)21)22-19(23)12-27-20(24)9-5-14-10-16(25-2)7-8-18(14)26-3/h4-11H,12H2,1-3H3,(H,22,23)/b9-5+. The maximum atomic E-state index is 11.9. The number of aryl methyl sites for hydroxylation is 1. The lowest BCUT2D eigenvalue weighted by Gasteiger charge is -2.08. The molecule has 0 aliphatic carbocycles. The van der Waals surface area contributed by atoms with E-state index in [-0.39, 0.29) is 0 Å². The lowest BCUT2D eigenvalue weighted by Crippen LogP contribution is -2.20. The average Bonchev–Trinajstić information content (AvgIpc) is 2.67. The molecule has 2 aromatic carbocycles. The van der Waals surface area contributed by atoms with Crippen LogP contribution in [0.2, 0.25) is 5.02 Å². The molecule has 0 saturated carbocycles. The molecule has 0 heterocycles. The normalized spacial score (nSPS) is 10.5. The monoisotopic (exact) mass is 389 g/mol. The van der Waals surface area contributed by atoms with Gasteiger partial charge in [0.2, 0.25) is 0 Å². The number of halogens is 1. The molecule has 7 heteroatoms. The molecule has 0 fully saturated rings. The summed E-state index contributed by atoms with van der Waals surface area (Å²) in [6.45, 7) is 1.45. The van der Waals surface area contributed by atoms with Gasteiger partial charge < -0.3 is 19.5 Å². The van der Waals surface area contributed by atoms with Crippen LogP contribution in [0, 0.1) is 6.92 Å². The number of methoxy groups -OCH3 is 2. The summed E-state index contributed by atoms with van der Waals surface area (Å²) in [4.78, 5) is 23.7. The van der Waals surface area contributed by atoms with Crippen molar-refractivity contribution in [3.63, 3.8) is 0 Å². The smallest absolute Gasteiger partial charge is 0.331 e. The summed E-state index contributed by atoms with van der Waals surface area (Å²) in [5.74, 6) is 0.0846. The molecule has 142 valence electrons. The number of esters is 1. The highest BCUT2D eigenvalue weighted by Crippen LogP contribution is 2.25. The molecule has 0 aliphatic rings. The van der Waals surface area contributed by atoms with Crippen molar-refractivity contribution in [2.45, 2.75) is 6.92 Å². The van der Waals surface area contributed by atoms with Gasteiger partial charge in [0.15, 0.2) is 6.61 Å². The molecule has 0 unspecified atom stereocenters. The van der Waals surface area contributed by atoms with Gasteiger partial charge >= 0.3 is 5.97 Å². The van der Waals surface area contributed by atoms with E-state index < -0.39 is 18.5 Å². The summed E-state index contributed by atoms with van der Waals surface area (Å²) < 4.78 is 15.3. The highest BCUT2D eigenvalue weighted by Gasteiger charge is 2.08. The van der Waals surface area contributed by atoms with Crippen molar-refractivity contribution in [3.05, 3.63) is 58.6 Å². The summed E-state index contributed by atoms with van der Waals surface area (Å²) in [7, 11) is 3.07. The Bertz CT molecular complexity index is 863. The number of carbonyl (C=O) groups is 2. The number of nitrogens with one attached hydrogen (secondary N) is 1. The van der Waals surface area contributed by atoms with Crippen molar-refractivity contribution >= 4 is 35.2 Å². The van der Waals surface area contributed by atoms with Gasteiger partial charge in [-0.1, -0.05) is 17.7 Å². The molecule has 2 rings (SSSR count). The molecule has 0 aliphatic heterocycles. The van der Waals surface area contributed by atoms with E-state index in [2.05, 4.69) is 5.32 Å². The minimum Gasteiger partial charge on any atom is -0.497 e. The van der Waals surface area contributed by atoms with Crippen molar-refractivity contribution in [2.75, 3.05) is 26.1 Å². The molecule has 0 saturated heterocycles. The molecule has 0 aromatic heterocycles. The van der Waals surface area contributed by atoms with E-state index in [4.69, 9.17) is 25.8 Å². The fourth-order valence-corrected chi connectivity index (χ4v) is 2.36. The Hall–Kier alpha value is -2.99. The highest BCUT2D eigenvalue weighted by molar-refractivity contribution is 6.31. The van der Waals surface area contributed by atoms with E-state index in [0.29, 0.717) is 27.8 Å². The van der Waals surface area contributed by atoms with E-state index >= 15 is 0 Å². The first-order chi connectivity index (χ1) is 12.9. The Morgan fingerprint density at radius 3 is 2.56 bits per heavy atom. The van der Waals surface area contributed by atoms with Crippen LogP contribution >= 0.6 is 11.6 Å². The molecule has 1 amide bonds. The van der Waals surface area contributed by atoms with Gasteiger partial charge in [0.25, 0.3) is 5.91 Å². The van der Waals surface area contributed by atoms with Crippen molar-refractivity contribution in [2.24, 2.45) is 0 Å². The number of rotatable bonds is 7. The van der Waals surface area contributed by atoms with Crippen LogP contribution in [0.25, 0.3) is 6.08 Å². The fraction of sp³-hybridized carbons (Fsp3) is 0.200. The number of hydrogen-bond donors (Lipinski definition) is 1. The Kier molecular flexibility index (Phi) is 7.25. The largest absolute Gasteiger partial charge is 0.497 e. The first kappa shape index (κ1) is 20.3. The van der Waals surface area contributed by atoms with Gasteiger partial charge in [0.05, 0.1) is 14.2 Å². The highest BCUT2D eigenvalue weighted by atomic mass is 35.5. The predicted octanol–water partition coefficient (Wildman–Crippen LogP) is 3.86. The second-order valence-corrected chi connectivity index (χ2v) is 5.97. The minimum atomic E-state index is -0.656. The van der Waals surface area contributed by atoms with E-state index in [1.54, 1.807) is 43.5 Å². The first-order valence-electron chi connectivity index (χ1n) is 8.06. The second kappa shape index (κ2) is 9.64. The number of benzene rings is 2. The van der Waals surface area contributed by atoms with Crippen molar-refractivity contribution < 1.29 is 23.8 Å². The van der Waals surface area contributed by atoms with E-state index in [1.807, 2.05) is 6.92 Å². The van der Waals surface area contributed by atoms with E-state index in [9.17, 15) is 9.59 Å². The molecule has 27 heavy (non-hydrogen) atoms. The molecule has 0 bridgehead atoms. The third-order valence-corrected chi connectivity index (χ3v) is 4.04. The lowest BCUT2D eigenvalue weighted by molar-refractivity contribution is -0.142. The minimum absolute atomic E-state index is 0.413. The molecule has 2 aromatic rings.